The molecule has 0 saturated carbocycles. The summed E-state index contributed by atoms with van der Waals surface area (Å²) in [5.41, 5.74) is 5.05. The number of hydrogen-bond donors (Lipinski definition) is 3. The first-order valence-electron chi connectivity index (χ1n) is 5.44. The monoisotopic (exact) mass is 318 g/mol. The summed E-state index contributed by atoms with van der Waals surface area (Å²) in [6.07, 6.45) is 0.941. The van der Waals surface area contributed by atoms with Gasteiger partial charge < -0.3 is 16.2 Å². The van der Waals surface area contributed by atoms with Crippen LogP contribution in [0.3, 0.4) is 0 Å². The quantitative estimate of drug-likeness (QED) is 0.665. The molecule has 1 amide bonds. The van der Waals surface area contributed by atoms with Crippen molar-refractivity contribution in [3.8, 4) is 0 Å². The van der Waals surface area contributed by atoms with Crippen molar-refractivity contribution in [2.45, 2.75) is 26.0 Å². The van der Waals surface area contributed by atoms with E-state index in [4.69, 9.17) is 5.73 Å². The van der Waals surface area contributed by atoms with Crippen LogP contribution in [0.25, 0.3) is 0 Å². The van der Waals surface area contributed by atoms with Crippen LogP contribution in [-0.4, -0.2) is 33.4 Å². The molecule has 0 aliphatic rings. The van der Waals surface area contributed by atoms with Crippen molar-refractivity contribution < 1.29 is 9.90 Å². The van der Waals surface area contributed by atoms with E-state index in [0.717, 1.165) is 6.42 Å². The lowest BCUT2D eigenvalue weighted by molar-refractivity contribution is -0.125. The molecule has 0 radical (unpaired) electrons. The minimum atomic E-state index is -1.31. The lowest BCUT2D eigenvalue weighted by Crippen LogP contribution is -2.35. The number of aryl methyl sites for hydroxylation is 1. The maximum atomic E-state index is 11.8. The molecule has 1 aromatic heterocycles. The van der Waals surface area contributed by atoms with Crippen LogP contribution in [0.15, 0.2) is 15.5 Å². The molecule has 4 N–H and O–H groups in total. The van der Waals surface area contributed by atoms with Gasteiger partial charge in [-0.05, 0) is 22.4 Å². The number of nitrogens with zero attached hydrogens (tertiary/aromatic N) is 2. The van der Waals surface area contributed by atoms with E-state index >= 15 is 0 Å². The Kier molecular flexibility index (Phi) is 5.29. The molecule has 18 heavy (non-hydrogen) atoms. The SMILES string of the molecule is CCCn1ncc(NCC(O)C(N)=O)c(Br)c1=O. The summed E-state index contributed by atoms with van der Waals surface area (Å²) in [5, 5.41) is 15.9. The van der Waals surface area contributed by atoms with Gasteiger partial charge in [-0.2, -0.15) is 5.10 Å². The van der Waals surface area contributed by atoms with Crippen molar-refractivity contribution in [3.05, 3.63) is 21.0 Å². The van der Waals surface area contributed by atoms with Crippen LogP contribution in [0.2, 0.25) is 0 Å². The first kappa shape index (κ1) is 14.7. The van der Waals surface area contributed by atoms with Crippen molar-refractivity contribution in [2.24, 2.45) is 5.73 Å². The highest BCUT2D eigenvalue weighted by atomic mass is 79.9. The number of rotatable bonds is 6. The number of nitrogens with one attached hydrogen (secondary N) is 1. The van der Waals surface area contributed by atoms with E-state index < -0.39 is 12.0 Å². The van der Waals surface area contributed by atoms with Crippen molar-refractivity contribution in [3.63, 3.8) is 0 Å². The zero-order valence-electron chi connectivity index (χ0n) is 9.89. The number of halogens is 1. The van der Waals surface area contributed by atoms with Crippen LogP contribution >= 0.6 is 15.9 Å². The van der Waals surface area contributed by atoms with Gasteiger partial charge in [-0.25, -0.2) is 4.68 Å². The molecule has 1 atom stereocenters. The van der Waals surface area contributed by atoms with E-state index in [-0.39, 0.29) is 12.1 Å². The second kappa shape index (κ2) is 6.50. The molecule has 0 aliphatic heterocycles. The average molecular weight is 319 g/mol. The topological polar surface area (TPSA) is 110 Å². The first-order valence-corrected chi connectivity index (χ1v) is 6.23. The number of aliphatic hydroxyl groups is 1. The maximum Gasteiger partial charge on any atom is 0.283 e. The molecule has 7 nitrogen and oxygen atoms in total. The summed E-state index contributed by atoms with van der Waals surface area (Å²) in [6, 6.07) is 0. The number of hydrogen-bond acceptors (Lipinski definition) is 5. The average Bonchev–Trinajstić information content (AvgIpc) is 2.33. The molecule has 100 valence electrons. The summed E-state index contributed by atoms with van der Waals surface area (Å²) in [6.45, 7) is 2.39. The minimum absolute atomic E-state index is 0.0765. The number of aliphatic hydroxyl groups excluding tert-OH is 1. The van der Waals surface area contributed by atoms with Gasteiger partial charge in [0.05, 0.1) is 11.9 Å². The molecule has 1 heterocycles. The van der Waals surface area contributed by atoms with Crippen LogP contribution in [0.5, 0.6) is 0 Å². The lowest BCUT2D eigenvalue weighted by atomic mass is 10.3. The van der Waals surface area contributed by atoms with Gasteiger partial charge in [0.2, 0.25) is 5.91 Å². The van der Waals surface area contributed by atoms with E-state index in [2.05, 4.69) is 26.3 Å². The molecule has 8 heteroatoms. The highest BCUT2D eigenvalue weighted by molar-refractivity contribution is 9.10. The van der Waals surface area contributed by atoms with Crippen LogP contribution < -0.4 is 16.6 Å². The zero-order valence-corrected chi connectivity index (χ0v) is 11.5. The summed E-state index contributed by atoms with van der Waals surface area (Å²) in [5.74, 6) is -0.828. The van der Waals surface area contributed by atoms with Crippen molar-refractivity contribution >= 4 is 27.5 Å². The Morgan fingerprint density at radius 1 is 1.72 bits per heavy atom. The van der Waals surface area contributed by atoms with E-state index in [0.29, 0.717) is 16.7 Å². The summed E-state index contributed by atoms with van der Waals surface area (Å²) in [7, 11) is 0. The number of aromatic nitrogens is 2. The minimum Gasteiger partial charge on any atom is -0.381 e. The molecule has 0 aromatic carbocycles. The summed E-state index contributed by atoms with van der Waals surface area (Å²) < 4.78 is 1.64. The highest BCUT2D eigenvalue weighted by Crippen LogP contribution is 2.15. The second-order valence-electron chi connectivity index (χ2n) is 3.70. The molecule has 0 aliphatic carbocycles. The number of primary amides is 1. The third-order valence-corrected chi connectivity index (χ3v) is 3.00. The Hall–Kier alpha value is -1.41. The highest BCUT2D eigenvalue weighted by Gasteiger charge is 2.13. The van der Waals surface area contributed by atoms with Crippen molar-refractivity contribution in [1.29, 1.82) is 0 Å². The second-order valence-corrected chi connectivity index (χ2v) is 4.49. The fraction of sp³-hybridized carbons (Fsp3) is 0.500. The Morgan fingerprint density at radius 2 is 2.39 bits per heavy atom. The normalized spacial score (nSPS) is 12.2. The molecule has 0 fully saturated rings. The van der Waals surface area contributed by atoms with Gasteiger partial charge in [-0.15, -0.1) is 0 Å². The van der Waals surface area contributed by atoms with Gasteiger partial charge in [0.15, 0.2) is 0 Å². The predicted molar refractivity (Wildman–Crippen MR) is 70.2 cm³/mol. The predicted octanol–water partition coefficient (Wildman–Crippen LogP) is -0.326. The molecular formula is C10H15BrN4O3. The molecule has 0 bridgehead atoms. The van der Waals surface area contributed by atoms with E-state index in [9.17, 15) is 14.7 Å². The van der Waals surface area contributed by atoms with E-state index in [1.54, 1.807) is 0 Å². The Bertz CT molecular complexity index is 489. The molecule has 1 aromatic rings. The Balaban J connectivity index is 2.83. The molecule has 0 spiro atoms. The molecular weight excluding hydrogens is 304 g/mol. The smallest absolute Gasteiger partial charge is 0.283 e. The molecule has 1 rings (SSSR count). The van der Waals surface area contributed by atoms with Crippen LogP contribution in [0, 0.1) is 0 Å². The third kappa shape index (κ3) is 3.54. The standard InChI is InChI=1S/C10H15BrN4O3/c1-2-3-15-10(18)8(11)6(4-14-15)13-5-7(16)9(12)17/h4,7,13,16H,2-3,5H2,1H3,(H2,12,17). The van der Waals surface area contributed by atoms with Crippen LogP contribution in [0.1, 0.15) is 13.3 Å². The van der Waals surface area contributed by atoms with E-state index in [1.807, 2.05) is 6.92 Å². The van der Waals surface area contributed by atoms with E-state index in [1.165, 1.54) is 10.9 Å². The van der Waals surface area contributed by atoms with Crippen molar-refractivity contribution in [1.82, 2.24) is 9.78 Å². The fourth-order valence-electron chi connectivity index (χ4n) is 1.27. The zero-order chi connectivity index (χ0) is 13.7. The maximum absolute atomic E-state index is 11.8. The summed E-state index contributed by atoms with van der Waals surface area (Å²) in [4.78, 5) is 22.5. The van der Waals surface area contributed by atoms with Crippen LogP contribution in [0.4, 0.5) is 5.69 Å². The lowest BCUT2D eigenvalue weighted by Gasteiger charge is -2.11. The number of carbonyl (C=O) groups excluding carboxylic acids is 1. The summed E-state index contributed by atoms with van der Waals surface area (Å²) >= 11 is 3.15. The van der Waals surface area contributed by atoms with Gasteiger partial charge in [0.1, 0.15) is 10.6 Å². The van der Waals surface area contributed by atoms with Gasteiger partial charge in [0.25, 0.3) is 5.56 Å². The van der Waals surface area contributed by atoms with Gasteiger partial charge in [0, 0.05) is 13.1 Å². The Labute approximate surface area is 112 Å². The van der Waals surface area contributed by atoms with Crippen molar-refractivity contribution in [2.75, 3.05) is 11.9 Å². The fourth-order valence-corrected chi connectivity index (χ4v) is 1.71. The van der Waals surface area contributed by atoms with Gasteiger partial charge in [-0.1, -0.05) is 6.92 Å². The third-order valence-electron chi connectivity index (χ3n) is 2.23. The van der Waals surface area contributed by atoms with Crippen LogP contribution in [-0.2, 0) is 11.3 Å². The Morgan fingerprint density at radius 3 is 2.94 bits per heavy atom. The first-order chi connectivity index (χ1) is 8.47. The number of amides is 1. The number of nitrogens with two attached hydrogens (primary N) is 1. The van der Waals surface area contributed by atoms with Gasteiger partial charge in [-0.3, -0.25) is 9.59 Å². The molecule has 1 unspecified atom stereocenters. The molecule has 0 saturated heterocycles. The van der Waals surface area contributed by atoms with Gasteiger partial charge >= 0.3 is 0 Å². The number of anilines is 1. The largest absolute Gasteiger partial charge is 0.381 e. The number of carbonyl (C=O) groups is 1.